The molecule has 0 aliphatic carbocycles. The molecule has 1 aliphatic rings. The van der Waals surface area contributed by atoms with Crippen molar-refractivity contribution in [3.8, 4) is 40.1 Å². The molecule has 33 heavy (non-hydrogen) atoms. The summed E-state index contributed by atoms with van der Waals surface area (Å²) in [5, 5.41) is 65.1. The third-order valence-corrected chi connectivity index (χ3v) is 4.59. The van der Waals surface area contributed by atoms with Gasteiger partial charge in [0.2, 0.25) is 11.2 Å². The minimum atomic E-state index is -1.10. The van der Waals surface area contributed by atoms with Gasteiger partial charge in [-0.1, -0.05) is 0 Å². The highest BCUT2D eigenvalue weighted by Crippen LogP contribution is 2.37. The smallest absolute Gasteiger partial charge is 0.238 e. The van der Waals surface area contributed by atoms with Gasteiger partial charge in [-0.05, 0) is 18.2 Å². The summed E-state index contributed by atoms with van der Waals surface area (Å²) in [5.41, 5.74) is -0.771. The SMILES string of the molecule is COOc1cc(O)c2c(=O)c(O)c(-c3ccc(O)c(O)c3)oc2c1.O[C@H]1[C@H](O)CO[CH][C@@H]1O. The second-order valence-corrected chi connectivity index (χ2v) is 6.90. The second-order valence-electron chi connectivity index (χ2n) is 6.90. The maximum Gasteiger partial charge on any atom is 0.238 e. The molecule has 2 aromatic carbocycles. The number of benzene rings is 2. The molecule has 4 rings (SSSR count). The van der Waals surface area contributed by atoms with Gasteiger partial charge in [-0.15, -0.1) is 0 Å². The van der Waals surface area contributed by atoms with E-state index >= 15 is 0 Å². The summed E-state index contributed by atoms with van der Waals surface area (Å²) >= 11 is 0. The van der Waals surface area contributed by atoms with Crippen LogP contribution in [-0.2, 0) is 9.62 Å². The average Bonchev–Trinajstić information content (AvgIpc) is 2.77. The van der Waals surface area contributed by atoms with Gasteiger partial charge in [-0.25, -0.2) is 0 Å². The fourth-order valence-corrected chi connectivity index (χ4v) is 2.93. The third kappa shape index (κ3) is 5.10. The van der Waals surface area contributed by atoms with Gasteiger partial charge in [-0.3, -0.25) is 4.79 Å². The topological polar surface area (TPSA) is 200 Å². The highest BCUT2D eigenvalue weighted by Gasteiger charge is 2.29. The van der Waals surface area contributed by atoms with Crippen molar-refractivity contribution in [2.45, 2.75) is 18.3 Å². The Hall–Kier alpha value is -3.55. The largest absolute Gasteiger partial charge is 0.507 e. The number of aliphatic hydroxyl groups is 3. The summed E-state index contributed by atoms with van der Waals surface area (Å²) < 4.78 is 10.1. The zero-order chi connectivity index (χ0) is 24.3. The van der Waals surface area contributed by atoms with E-state index in [9.17, 15) is 25.2 Å². The molecule has 12 heteroatoms. The van der Waals surface area contributed by atoms with Gasteiger partial charge in [0, 0.05) is 17.7 Å². The lowest BCUT2D eigenvalue weighted by Crippen LogP contribution is -2.44. The normalized spacial score (nSPS) is 20.2. The molecule has 0 unspecified atom stereocenters. The first-order valence-electron chi connectivity index (χ1n) is 9.39. The molecule has 1 aromatic heterocycles. The molecule has 7 N–H and O–H groups in total. The third-order valence-electron chi connectivity index (χ3n) is 4.59. The van der Waals surface area contributed by atoms with Crippen LogP contribution in [0.5, 0.6) is 28.7 Å². The molecule has 0 spiro atoms. The van der Waals surface area contributed by atoms with E-state index in [2.05, 4.69) is 9.62 Å². The molecule has 1 saturated heterocycles. The number of ether oxygens (including phenoxy) is 1. The summed E-state index contributed by atoms with van der Waals surface area (Å²) in [6.45, 7) is 1.16. The Kier molecular flexibility index (Phi) is 7.26. The highest BCUT2D eigenvalue weighted by atomic mass is 17.2. The summed E-state index contributed by atoms with van der Waals surface area (Å²) in [4.78, 5) is 21.6. The fourth-order valence-electron chi connectivity index (χ4n) is 2.93. The Morgan fingerprint density at radius 3 is 2.30 bits per heavy atom. The number of aromatic hydroxyl groups is 4. The molecule has 177 valence electrons. The number of rotatable bonds is 3. The quantitative estimate of drug-likeness (QED) is 0.161. The Morgan fingerprint density at radius 2 is 1.70 bits per heavy atom. The summed E-state index contributed by atoms with van der Waals surface area (Å²) in [6.07, 6.45) is -3.13. The first-order chi connectivity index (χ1) is 15.6. The van der Waals surface area contributed by atoms with Crippen molar-refractivity contribution in [1.29, 1.82) is 0 Å². The van der Waals surface area contributed by atoms with Crippen LogP contribution in [0.25, 0.3) is 22.3 Å². The highest BCUT2D eigenvalue weighted by molar-refractivity contribution is 5.88. The maximum absolute atomic E-state index is 12.3. The van der Waals surface area contributed by atoms with Crippen molar-refractivity contribution in [3.05, 3.63) is 47.2 Å². The molecular formula is C21H21O12. The number of aliphatic hydroxyl groups excluding tert-OH is 3. The molecule has 3 atom stereocenters. The van der Waals surface area contributed by atoms with Gasteiger partial charge in [0.15, 0.2) is 23.0 Å². The van der Waals surface area contributed by atoms with Crippen molar-refractivity contribution in [1.82, 2.24) is 0 Å². The number of hydrogen-bond acceptors (Lipinski definition) is 12. The fraction of sp³-hybridized carbons (Fsp3) is 0.238. The second kappa shape index (κ2) is 9.94. The van der Waals surface area contributed by atoms with Crippen LogP contribution in [0.3, 0.4) is 0 Å². The Morgan fingerprint density at radius 1 is 0.970 bits per heavy atom. The van der Waals surface area contributed by atoms with E-state index in [1.807, 2.05) is 0 Å². The van der Waals surface area contributed by atoms with E-state index in [0.717, 1.165) is 18.7 Å². The predicted molar refractivity (Wildman–Crippen MR) is 110 cm³/mol. The van der Waals surface area contributed by atoms with Crippen LogP contribution < -0.4 is 10.3 Å². The monoisotopic (exact) mass is 465 g/mol. The van der Waals surface area contributed by atoms with E-state index in [0.29, 0.717) is 0 Å². The molecule has 1 radical (unpaired) electrons. The molecular weight excluding hydrogens is 444 g/mol. The number of fused-ring (bicyclic) bond motifs is 1. The Bertz CT molecular complexity index is 1180. The molecule has 1 aliphatic heterocycles. The number of phenols is 3. The van der Waals surface area contributed by atoms with Gasteiger partial charge in [-0.2, -0.15) is 4.89 Å². The minimum absolute atomic E-state index is 0.0538. The van der Waals surface area contributed by atoms with Gasteiger partial charge < -0.3 is 49.8 Å². The van der Waals surface area contributed by atoms with Crippen LogP contribution in [0, 0.1) is 6.61 Å². The van der Waals surface area contributed by atoms with E-state index < -0.39 is 41.0 Å². The Balaban J connectivity index is 0.000000286. The molecule has 12 nitrogen and oxygen atoms in total. The van der Waals surface area contributed by atoms with Crippen LogP contribution in [0.4, 0.5) is 0 Å². The van der Waals surface area contributed by atoms with E-state index in [-0.39, 0.29) is 40.4 Å². The molecule has 0 amide bonds. The van der Waals surface area contributed by atoms with Gasteiger partial charge in [0.25, 0.3) is 0 Å². The van der Waals surface area contributed by atoms with Gasteiger partial charge in [0.05, 0.1) is 13.7 Å². The summed E-state index contributed by atoms with van der Waals surface area (Å²) in [6, 6.07) is 6.07. The zero-order valence-electron chi connectivity index (χ0n) is 17.1. The van der Waals surface area contributed by atoms with Crippen LogP contribution in [-0.4, -0.2) is 67.8 Å². The first-order valence-corrected chi connectivity index (χ1v) is 9.39. The van der Waals surface area contributed by atoms with E-state index in [1.165, 1.54) is 25.3 Å². The van der Waals surface area contributed by atoms with Crippen molar-refractivity contribution in [2.75, 3.05) is 13.7 Å². The molecule has 0 saturated carbocycles. The summed E-state index contributed by atoms with van der Waals surface area (Å²) in [7, 11) is 1.26. The van der Waals surface area contributed by atoms with Gasteiger partial charge >= 0.3 is 0 Å². The van der Waals surface area contributed by atoms with Gasteiger partial charge in [0.1, 0.15) is 41.6 Å². The van der Waals surface area contributed by atoms with Crippen molar-refractivity contribution in [2.24, 2.45) is 0 Å². The predicted octanol–water partition coefficient (Wildman–Crippen LogP) is 0.484. The molecule has 0 bridgehead atoms. The van der Waals surface area contributed by atoms with Crippen molar-refractivity contribution >= 4 is 11.0 Å². The van der Waals surface area contributed by atoms with Crippen LogP contribution in [0.1, 0.15) is 0 Å². The van der Waals surface area contributed by atoms with Crippen molar-refractivity contribution < 1.29 is 54.7 Å². The molecule has 2 heterocycles. The number of phenolic OH excluding ortho intramolecular Hbond substituents is 3. The molecule has 1 fully saturated rings. The first kappa shape index (κ1) is 24.1. The van der Waals surface area contributed by atoms with Crippen molar-refractivity contribution in [3.63, 3.8) is 0 Å². The standard InChI is InChI=1S/C16H12O8.C5H9O4/c1-22-24-8-5-11(19)13-12(6-8)23-16(15(21)14(13)20)7-2-3-9(17)10(18)4-7;6-3-1-9-2-4(7)5(3)8/h2-6,17-19,21H,1H3;1,3-8H,2H2/t;3-,4+,5+/m.0/s1. The van der Waals surface area contributed by atoms with Crippen LogP contribution in [0.2, 0.25) is 0 Å². The number of hydrogen-bond donors (Lipinski definition) is 7. The lowest BCUT2D eigenvalue weighted by Gasteiger charge is -2.27. The Labute approximate surface area is 185 Å². The zero-order valence-corrected chi connectivity index (χ0v) is 17.1. The van der Waals surface area contributed by atoms with Crippen LogP contribution >= 0.6 is 0 Å². The van der Waals surface area contributed by atoms with E-state index in [1.54, 1.807) is 0 Å². The lowest BCUT2D eigenvalue weighted by atomic mass is 10.1. The lowest BCUT2D eigenvalue weighted by molar-refractivity contribution is -0.178. The molecule has 3 aromatic rings. The minimum Gasteiger partial charge on any atom is -0.507 e. The van der Waals surface area contributed by atoms with E-state index in [4.69, 9.17) is 24.6 Å². The maximum atomic E-state index is 12.3. The average molecular weight is 465 g/mol. The van der Waals surface area contributed by atoms with Crippen LogP contribution in [0.15, 0.2) is 39.5 Å². The summed E-state index contributed by atoms with van der Waals surface area (Å²) in [5.74, 6) is -2.18.